The number of aryl methyl sites for hydroxylation is 1. The highest BCUT2D eigenvalue weighted by Gasteiger charge is 2.20. The maximum absolute atomic E-state index is 13.5. The Morgan fingerprint density at radius 1 is 1.14 bits per heavy atom. The first-order chi connectivity index (χ1) is 10.1. The Labute approximate surface area is 129 Å². The molecule has 3 nitrogen and oxygen atoms in total. The number of aromatic nitrogens is 1. The molecule has 0 bridgehead atoms. The third-order valence-corrected chi connectivity index (χ3v) is 3.92. The van der Waals surface area contributed by atoms with Crippen LogP contribution >= 0.6 is 15.9 Å². The third-order valence-electron chi connectivity index (χ3n) is 3.23. The third kappa shape index (κ3) is 2.56. The lowest BCUT2D eigenvalue weighted by molar-refractivity contribution is 0.435. The predicted molar refractivity (Wildman–Crippen MR) is 84.2 cm³/mol. The second kappa shape index (κ2) is 5.33. The molecule has 0 atom stereocenters. The molecule has 0 saturated carbocycles. The Morgan fingerprint density at radius 3 is 2.57 bits per heavy atom. The summed E-state index contributed by atoms with van der Waals surface area (Å²) in [6.45, 7) is 2.00. The Bertz CT molecular complexity index is 797. The molecule has 0 spiro atoms. The largest absolute Gasteiger partial charge is 0.380 e. The van der Waals surface area contributed by atoms with E-state index in [1.54, 1.807) is 6.07 Å². The van der Waals surface area contributed by atoms with Gasteiger partial charge in [-0.1, -0.05) is 50.9 Å². The molecule has 0 fully saturated rings. The lowest BCUT2D eigenvalue weighted by Crippen LogP contribution is -1.90. The van der Waals surface area contributed by atoms with Crippen molar-refractivity contribution in [1.82, 2.24) is 5.16 Å². The van der Waals surface area contributed by atoms with Crippen molar-refractivity contribution in [2.45, 2.75) is 6.92 Å². The SMILES string of the molecule is Cc1ccc(-c2c(N)noc2-c2cc(F)ccc2Br)cc1. The number of rotatable bonds is 2. The minimum Gasteiger partial charge on any atom is -0.380 e. The number of nitrogen functional groups attached to an aromatic ring is 1. The van der Waals surface area contributed by atoms with E-state index in [0.29, 0.717) is 21.4 Å². The van der Waals surface area contributed by atoms with Gasteiger partial charge in [0.05, 0.1) is 5.56 Å². The average molecular weight is 347 g/mol. The van der Waals surface area contributed by atoms with Gasteiger partial charge in [-0.05, 0) is 30.7 Å². The van der Waals surface area contributed by atoms with E-state index in [9.17, 15) is 4.39 Å². The lowest BCUT2D eigenvalue weighted by Gasteiger charge is -2.05. The van der Waals surface area contributed by atoms with Crippen LogP contribution in [0.1, 0.15) is 5.56 Å². The van der Waals surface area contributed by atoms with Crippen molar-refractivity contribution in [3.8, 4) is 22.5 Å². The zero-order chi connectivity index (χ0) is 15.0. The van der Waals surface area contributed by atoms with Crippen LogP contribution in [0.4, 0.5) is 10.2 Å². The lowest BCUT2D eigenvalue weighted by atomic mass is 10.0. The fraction of sp³-hybridized carbons (Fsp3) is 0.0625. The van der Waals surface area contributed by atoms with Gasteiger partial charge >= 0.3 is 0 Å². The molecule has 3 aromatic rings. The molecule has 0 saturated heterocycles. The number of halogens is 2. The molecule has 106 valence electrons. The minimum atomic E-state index is -0.349. The molecule has 3 rings (SSSR count). The first-order valence-electron chi connectivity index (χ1n) is 6.34. The molecule has 0 radical (unpaired) electrons. The number of benzene rings is 2. The Morgan fingerprint density at radius 2 is 1.86 bits per heavy atom. The second-order valence-electron chi connectivity index (χ2n) is 4.76. The fourth-order valence-electron chi connectivity index (χ4n) is 2.16. The number of hydrogen-bond acceptors (Lipinski definition) is 3. The summed E-state index contributed by atoms with van der Waals surface area (Å²) in [7, 11) is 0. The molecular weight excluding hydrogens is 335 g/mol. The van der Waals surface area contributed by atoms with Gasteiger partial charge in [0, 0.05) is 10.0 Å². The van der Waals surface area contributed by atoms with Gasteiger partial charge in [-0.3, -0.25) is 0 Å². The maximum atomic E-state index is 13.5. The van der Waals surface area contributed by atoms with E-state index in [1.807, 2.05) is 31.2 Å². The normalized spacial score (nSPS) is 10.8. The Kier molecular flexibility index (Phi) is 3.51. The van der Waals surface area contributed by atoms with Crippen molar-refractivity contribution in [3.63, 3.8) is 0 Å². The number of hydrogen-bond donors (Lipinski definition) is 1. The standard InChI is InChI=1S/C16H12BrFN2O/c1-9-2-4-10(5-3-9)14-15(21-20-16(14)19)12-8-11(18)6-7-13(12)17/h2-8H,1H3,(H2,19,20). The van der Waals surface area contributed by atoms with Crippen LogP contribution in [-0.2, 0) is 0 Å². The van der Waals surface area contributed by atoms with E-state index in [2.05, 4.69) is 21.1 Å². The summed E-state index contributed by atoms with van der Waals surface area (Å²) in [4.78, 5) is 0. The molecule has 2 aromatic carbocycles. The summed E-state index contributed by atoms with van der Waals surface area (Å²) in [5.74, 6) is 0.380. The Balaban J connectivity index is 2.21. The highest BCUT2D eigenvalue weighted by Crippen LogP contribution is 2.39. The minimum absolute atomic E-state index is 0.282. The molecule has 2 N–H and O–H groups in total. The first-order valence-corrected chi connectivity index (χ1v) is 7.13. The van der Waals surface area contributed by atoms with Gasteiger partial charge in [0.2, 0.25) is 0 Å². The van der Waals surface area contributed by atoms with Crippen molar-refractivity contribution < 1.29 is 8.91 Å². The van der Waals surface area contributed by atoms with E-state index in [4.69, 9.17) is 10.3 Å². The van der Waals surface area contributed by atoms with Crippen LogP contribution in [0.3, 0.4) is 0 Å². The van der Waals surface area contributed by atoms with Gasteiger partial charge < -0.3 is 10.3 Å². The number of nitrogens with two attached hydrogens (primary N) is 1. The molecule has 1 heterocycles. The highest BCUT2D eigenvalue weighted by molar-refractivity contribution is 9.10. The van der Waals surface area contributed by atoms with Crippen LogP contribution in [0.15, 0.2) is 51.5 Å². The summed E-state index contributed by atoms with van der Waals surface area (Å²) in [5, 5.41) is 3.82. The molecule has 0 unspecified atom stereocenters. The molecule has 0 aliphatic heterocycles. The van der Waals surface area contributed by atoms with E-state index < -0.39 is 0 Å². The number of nitrogens with zero attached hydrogens (tertiary/aromatic N) is 1. The summed E-state index contributed by atoms with van der Waals surface area (Å²) >= 11 is 3.40. The topological polar surface area (TPSA) is 52.0 Å². The smallest absolute Gasteiger partial charge is 0.178 e. The van der Waals surface area contributed by atoms with Crippen molar-refractivity contribution in [2.24, 2.45) is 0 Å². The van der Waals surface area contributed by atoms with Gasteiger partial charge in [-0.15, -0.1) is 0 Å². The molecule has 0 aliphatic carbocycles. The van der Waals surface area contributed by atoms with Gasteiger partial charge in [0.1, 0.15) is 5.82 Å². The maximum Gasteiger partial charge on any atom is 0.178 e. The summed E-state index contributed by atoms with van der Waals surface area (Å²) in [6, 6.07) is 12.2. The second-order valence-corrected chi connectivity index (χ2v) is 5.62. The average Bonchev–Trinajstić information content (AvgIpc) is 2.84. The van der Waals surface area contributed by atoms with Crippen molar-refractivity contribution in [2.75, 3.05) is 5.73 Å². The zero-order valence-electron chi connectivity index (χ0n) is 11.2. The van der Waals surface area contributed by atoms with Gasteiger partial charge in [-0.2, -0.15) is 0 Å². The quantitative estimate of drug-likeness (QED) is 0.724. The van der Waals surface area contributed by atoms with Crippen molar-refractivity contribution in [3.05, 3.63) is 58.3 Å². The van der Waals surface area contributed by atoms with E-state index in [1.165, 1.54) is 12.1 Å². The molecule has 1 aromatic heterocycles. The summed E-state index contributed by atoms with van der Waals surface area (Å²) in [5.41, 5.74) is 9.19. The molecule has 0 amide bonds. The first kappa shape index (κ1) is 13.8. The molecule has 21 heavy (non-hydrogen) atoms. The van der Waals surface area contributed by atoms with Crippen LogP contribution < -0.4 is 5.73 Å². The molecular formula is C16H12BrFN2O. The van der Waals surface area contributed by atoms with Crippen LogP contribution in [0.5, 0.6) is 0 Å². The summed E-state index contributed by atoms with van der Waals surface area (Å²) in [6.07, 6.45) is 0. The van der Waals surface area contributed by atoms with Crippen LogP contribution in [0.25, 0.3) is 22.5 Å². The van der Waals surface area contributed by atoms with E-state index >= 15 is 0 Å². The molecule has 0 aliphatic rings. The number of anilines is 1. The van der Waals surface area contributed by atoms with Crippen molar-refractivity contribution in [1.29, 1.82) is 0 Å². The monoisotopic (exact) mass is 346 g/mol. The van der Waals surface area contributed by atoms with E-state index in [0.717, 1.165) is 11.1 Å². The van der Waals surface area contributed by atoms with Crippen molar-refractivity contribution >= 4 is 21.7 Å². The predicted octanol–water partition coefficient (Wildman–Crippen LogP) is 4.80. The fourth-order valence-corrected chi connectivity index (χ4v) is 2.58. The molecule has 5 heteroatoms. The van der Waals surface area contributed by atoms with Crippen LogP contribution in [-0.4, -0.2) is 5.16 Å². The zero-order valence-corrected chi connectivity index (χ0v) is 12.8. The van der Waals surface area contributed by atoms with Crippen LogP contribution in [0, 0.1) is 12.7 Å². The van der Waals surface area contributed by atoms with Crippen LogP contribution in [0.2, 0.25) is 0 Å². The van der Waals surface area contributed by atoms with Gasteiger partial charge in [0.15, 0.2) is 11.6 Å². The van der Waals surface area contributed by atoms with E-state index in [-0.39, 0.29) is 11.6 Å². The Hall–Kier alpha value is -2.14. The van der Waals surface area contributed by atoms with Gasteiger partial charge in [0.25, 0.3) is 0 Å². The van der Waals surface area contributed by atoms with Gasteiger partial charge in [-0.25, -0.2) is 4.39 Å². The highest BCUT2D eigenvalue weighted by atomic mass is 79.9. The summed E-state index contributed by atoms with van der Waals surface area (Å²) < 4.78 is 19.6.